The molecule has 0 aliphatic carbocycles. The van der Waals surface area contributed by atoms with Crippen LogP contribution in [0.5, 0.6) is 5.75 Å². The van der Waals surface area contributed by atoms with Crippen LogP contribution in [0.25, 0.3) is 0 Å². The van der Waals surface area contributed by atoms with Gasteiger partial charge in [0.2, 0.25) is 0 Å². The van der Waals surface area contributed by atoms with Crippen molar-refractivity contribution in [3.8, 4) is 5.75 Å². The van der Waals surface area contributed by atoms with E-state index in [1.165, 1.54) is 18.2 Å². The van der Waals surface area contributed by atoms with Gasteiger partial charge in [-0.15, -0.1) is 11.3 Å². The van der Waals surface area contributed by atoms with Crippen LogP contribution in [0.3, 0.4) is 0 Å². The lowest BCUT2D eigenvalue weighted by molar-refractivity contribution is -0.126. The highest BCUT2D eigenvalue weighted by molar-refractivity contribution is 7.92. The summed E-state index contributed by atoms with van der Waals surface area (Å²) in [6, 6.07) is 5.61. The molecule has 1 N–H and O–H groups in total. The van der Waals surface area contributed by atoms with E-state index in [1.807, 2.05) is 4.72 Å². The van der Waals surface area contributed by atoms with Crippen LogP contribution in [0.15, 0.2) is 28.5 Å². The van der Waals surface area contributed by atoms with Crippen molar-refractivity contribution >= 4 is 27.3 Å². The molecule has 1 heterocycles. The van der Waals surface area contributed by atoms with Crippen LogP contribution in [0.2, 0.25) is 0 Å². The lowest BCUT2D eigenvalue weighted by Gasteiger charge is -2.17. The normalized spacial score (nSPS) is 12.7. The smallest absolute Gasteiger partial charge is 0.275 e. The number of para-hydroxylation sites is 1. The summed E-state index contributed by atoms with van der Waals surface area (Å²) in [5.74, 6) is -1.59. The molecule has 0 bridgehead atoms. The van der Waals surface area contributed by atoms with Crippen LogP contribution in [-0.2, 0) is 14.8 Å². The molecule has 1 aromatic carbocycles. The van der Waals surface area contributed by atoms with E-state index >= 15 is 0 Å². The third-order valence-electron chi connectivity index (χ3n) is 3.11. The Morgan fingerprint density at radius 2 is 2.04 bits per heavy atom. The van der Waals surface area contributed by atoms with Gasteiger partial charge in [0.15, 0.2) is 21.9 Å². The molecule has 0 saturated heterocycles. The number of aryl methyl sites for hydroxylation is 2. The zero-order valence-electron chi connectivity index (χ0n) is 13.4. The minimum absolute atomic E-state index is 0.0194. The molecule has 0 fully saturated rings. The number of carbonyl (C=O) groups is 1. The number of halogens is 1. The third kappa shape index (κ3) is 4.09. The van der Waals surface area contributed by atoms with Gasteiger partial charge in [0.05, 0.1) is 10.7 Å². The molecule has 0 aliphatic rings. The molecule has 2 aromatic rings. The summed E-state index contributed by atoms with van der Waals surface area (Å²) >= 11 is 0.974. The summed E-state index contributed by atoms with van der Waals surface area (Å²) in [5.41, 5.74) is 0.320. The highest BCUT2D eigenvalue weighted by Crippen LogP contribution is 2.23. The highest BCUT2D eigenvalue weighted by Gasteiger charge is 2.28. The maximum atomic E-state index is 13.6. The number of amides is 1. The van der Waals surface area contributed by atoms with E-state index in [2.05, 4.69) is 4.98 Å². The van der Waals surface area contributed by atoms with Crippen LogP contribution in [0, 0.1) is 19.7 Å². The summed E-state index contributed by atoms with van der Waals surface area (Å²) in [6.45, 7) is 4.87. The molecule has 0 spiro atoms. The predicted octanol–water partition coefficient (Wildman–Crippen LogP) is 2.56. The zero-order chi connectivity index (χ0) is 17.9. The van der Waals surface area contributed by atoms with Gasteiger partial charge >= 0.3 is 0 Å². The number of hydrogen-bond acceptors (Lipinski definition) is 6. The van der Waals surface area contributed by atoms with Crippen molar-refractivity contribution in [2.75, 3.05) is 0 Å². The molecular weight excluding hydrogens is 355 g/mol. The second-order valence-corrected chi connectivity index (χ2v) is 8.10. The number of nitrogens with zero attached hydrogens (tertiary/aromatic N) is 1. The van der Waals surface area contributed by atoms with Gasteiger partial charge in [-0.05, 0) is 32.4 Å². The summed E-state index contributed by atoms with van der Waals surface area (Å²) < 4.78 is 45.5. The number of rotatable bonds is 6. The molecule has 9 heteroatoms. The van der Waals surface area contributed by atoms with Crippen LogP contribution in [0.1, 0.15) is 24.0 Å². The summed E-state index contributed by atoms with van der Waals surface area (Å²) in [4.78, 5) is 16.3. The first kappa shape index (κ1) is 18.3. The standard InChI is InChI=1S/C15H17FN2O4S2/c1-4-12(22-13-8-6-5-7-11(13)16)14(19)18-24(20,21)15-9(2)17-10(3)23-15/h5-8,12H,4H2,1-3H3,(H,18,19). The maximum Gasteiger partial charge on any atom is 0.275 e. The Morgan fingerprint density at radius 1 is 1.38 bits per heavy atom. The fourth-order valence-corrected chi connectivity index (χ4v) is 4.52. The van der Waals surface area contributed by atoms with Crippen molar-refractivity contribution in [3.63, 3.8) is 0 Å². The Kier molecular flexibility index (Phi) is 5.55. The second kappa shape index (κ2) is 7.27. The van der Waals surface area contributed by atoms with Gasteiger partial charge in [-0.3, -0.25) is 4.79 Å². The second-order valence-electron chi connectivity index (χ2n) is 5.02. The SMILES string of the molecule is CCC(Oc1ccccc1F)C(=O)NS(=O)(=O)c1sc(C)nc1C. The molecule has 1 aromatic heterocycles. The third-order valence-corrected chi connectivity index (χ3v) is 6.14. The number of ether oxygens (including phenoxy) is 1. The monoisotopic (exact) mass is 372 g/mol. The van der Waals surface area contributed by atoms with E-state index in [-0.39, 0.29) is 16.4 Å². The number of carbonyl (C=O) groups excluding carboxylic acids is 1. The Hall–Kier alpha value is -2.00. The molecule has 1 amide bonds. The first-order valence-corrected chi connectivity index (χ1v) is 9.46. The van der Waals surface area contributed by atoms with Gasteiger partial charge in [0, 0.05) is 0 Å². The van der Waals surface area contributed by atoms with Crippen LogP contribution >= 0.6 is 11.3 Å². The molecule has 0 radical (unpaired) electrons. The minimum atomic E-state index is -4.04. The molecule has 130 valence electrons. The summed E-state index contributed by atoms with van der Waals surface area (Å²) in [5, 5.41) is 0.579. The van der Waals surface area contributed by atoms with E-state index in [4.69, 9.17) is 4.74 Å². The van der Waals surface area contributed by atoms with Crippen molar-refractivity contribution in [1.82, 2.24) is 9.71 Å². The molecule has 6 nitrogen and oxygen atoms in total. The largest absolute Gasteiger partial charge is 0.478 e. The first-order valence-electron chi connectivity index (χ1n) is 7.16. The average molecular weight is 372 g/mol. The van der Waals surface area contributed by atoms with Crippen LogP contribution in [-0.4, -0.2) is 25.4 Å². The zero-order valence-corrected chi connectivity index (χ0v) is 15.0. The van der Waals surface area contributed by atoms with Gasteiger partial charge in [-0.25, -0.2) is 22.5 Å². The fraction of sp³-hybridized carbons (Fsp3) is 0.333. The number of thiazole rings is 1. The van der Waals surface area contributed by atoms with Crippen molar-refractivity contribution in [2.45, 2.75) is 37.5 Å². The number of hydrogen-bond donors (Lipinski definition) is 1. The van der Waals surface area contributed by atoms with E-state index in [9.17, 15) is 17.6 Å². The molecule has 24 heavy (non-hydrogen) atoms. The Bertz CT molecular complexity index is 849. The van der Waals surface area contributed by atoms with E-state index in [1.54, 1.807) is 26.8 Å². The topological polar surface area (TPSA) is 85.4 Å². The number of nitrogens with one attached hydrogen (secondary N) is 1. The first-order chi connectivity index (χ1) is 11.2. The average Bonchev–Trinajstić information content (AvgIpc) is 2.85. The van der Waals surface area contributed by atoms with Crippen molar-refractivity contribution in [1.29, 1.82) is 0 Å². The summed E-state index contributed by atoms with van der Waals surface area (Å²) in [7, 11) is -4.04. The quantitative estimate of drug-likeness (QED) is 0.842. The van der Waals surface area contributed by atoms with Gasteiger partial charge in [0.25, 0.3) is 15.9 Å². The lowest BCUT2D eigenvalue weighted by atomic mass is 10.2. The van der Waals surface area contributed by atoms with Gasteiger partial charge in [-0.2, -0.15) is 0 Å². The van der Waals surface area contributed by atoms with Crippen molar-refractivity contribution in [2.24, 2.45) is 0 Å². The van der Waals surface area contributed by atoms with E-state index in [0.29, 0.717) is 10.7 Å². The van der Waals surface area contributed by atoms with Gasteiger partial charge < -0.3 is 4.74 Å². The highest BCUT2D eigenvalue weighted by atomic mass is 32.2. The predicted molar refractivity (Wildman–Crippen MR) is 88.0 cm³/mol. The maximum absolute atomic E-state index is 13.6. The van der Waals surface area contributed by atoms with Crippen LogP contribution in [0.4, 0.5) is 4.39 Å². The van der Waals surface area contributed by atoms with Gasteiger partial charge in [-0.1, -0.05) is 19.1 Å². The molecule has 0 saturated carbocycles. The van der Waals surface area contributed by atoms with E-state index in [0.717, 1.165) is 11.3 Å². The lowest BCUT2D eigenvalue weighted by Crippen LogP contribution is -2.41. The number of benzene rings is 1. The minimum Gasteiger partial charge on any atom is -0.478 e. The van der Waals surface area contributed by atoms with Gasteiger partial charge in [0.1, 0.15) is 0 Å². The number of aromatic nitrogens is 1. The van der Waals surface area contributed by atoms with Crippen LogP contribution < -0.4 is 9.46 Å². The Morgan fingerprint density at radius 3 is 2.58 bits per heavy atom. The fourth-order valence-electron chi connectivity index (χ4n) is 2.02. The molecular formula is C15H17FN2O4S2. The molecule has 2 rings (SSSR count). The molecule has 1 atom stereocenters. The summed E-state index contributed by atoms with van der Waals surface area (Å²) in [6.07, 6.45) is -0.956. The molecule has 0 aliphatic heterocycles. The number of sulfonamides is 1. The van der Waals surface area contributed by atoms with E-state index < -0.39 is 27.9 Å². The van der Waals surface area contributed by atoms with Crippen molar-refractivity contribution in [3.05, 3.63) is 40.8 Å². The van der Waals surface area contributed by atoms with Crippen molar-refractivity contribution < 1.29 is 22.3 Å². The Balaban J connectivity index is 2.17. The molecule has 1 unspecified atom stereocenters. The Labute approximate surface area is 143 Å².